The molecule has 0 radical (unpaired) electrons. The van der Waals surface area contributed by atoms with Gasteiger partial charge in [0.1, 0.15) is 0 Å². The van der Waals surface area contributed by atoms with E-state index < -0.39 is 10.0 Å². The fourth-order valence-electron chi connectivity index (χ4n) is 1.70. The van der Waals surface area contributed by atoms with E-state index in [9.17, 15) is 8.42 Å². The smallest absolute Gasteiger partial charge is 0.208 e. The molecule has 0 aromatic heterocycles. The summed E-state index contributed by atoms with van der Waals surface area (Å²) in [7, 11) is -3.42. The molecule has 0 heterocycles. The van der Waals surface area contributed by atoms with Crippen molar-refractivity contribution in [1.82, 2.24) is 4.72 Å². The van der Waals surface area contributed by atoms with Crippen molar-refractivity contribution in [2.45, 2.75) is 38.1 Å². The maximum Gasteiger partial charge on any atom is 0.240 e. The largest absolute Gasteiger partial charge is 0.240 e. The van der Waals surface area contributed by atoms with Crippen LogP contribution in [-0.2, 0) is 10.0 Å². The number of sulfonamides is 1. The fourth-order valence-corrected chi connectivity index (χ4v) is 3.71. The van der Waals surface area contributed by atoms with Gasteiger partial charge in [0, 0.05) is 11.4 Å². The van der Waals surface area contributed by atoms with Gasteiger partial charge in [0.25, 0.3) is 0 Å². The predicted molar refractivity (Wildman–Crippen MR) is 78.5 cm³/mol. The molecule has 1 atom stereocenters. The molecule has 1 rings (SSSR count). The third-order valence-electron chi connectivity index (χ3n) is 2.83. The van der Waals surface area contributed by atoms with Gasteiger partial charge in [0.2, 0.25) is 10.0 Å². The zero-order valence-electron chi connectivity index (χ0n) is 11.0. The van der Waals surface area contributed by atoms with Crippen LogP contribution in [-0.4, -0.2) is 19.8 Å². The van der Waals surface area contributed by atoms with E-state index in [1.165, 1.54) is 0 Å². The van der Waals surface area contributed by atoms with Crippen molar-refractivity contribution >= 4 is 26.0 Å². The first-order chi connectivity index (χ1) is 8.36. The molecule has 18 heavy (non-hydrogen) atoms. The van der Waals surface area contributed by atoms with E-state index in [0.29, 0.717) is 4.90 Å². The topological polar surface area (TPSA) is 46.2 Å². The lowest BCUT2D eigenvalue weighted by molar-refractivity contribution is 0.440. The third-order valence-corrected chi connectivity index (χ3v) is 4.78. The molecule has 102 valence electrons. The molecule has 0 fully saturated rings. The first kappa shape index (κ1) is 15.7. The summed E-state index contributed by atoms with van der Waals surface area (Å²) in [5, 5.41) is 0.784. The monoisotopic (exact) mass is 333 g/mol. The van der Waals surface area contributed by atoms with Crippen LogP contribution in [0.1, 0.15) is 25.8 Å². The zero-order chi connectivity index (χ0) is 13.8. The molecule has 0 spiro atoms. The number of alkyl halides is 1. The van der Waals surface area contributed by atoms with Crippen molar-refractivity contribution in [3.63, 3.8) is 0 Å². The minimum Gasteiger partial charge on any atom is -0.208 e. The second-order valence-electron chi connectivity index (χ2n) is 4.77. The van der Waals surface area contributed by atoms with E-state index >= 15 is 0 Å². The van der Waals surface area contributed by atoms with Crippen LogP contribution in [0.15, 0.2) is 29.2 Å². The molecule has 0 aliphatic carbocycles. The Kier molecular flexibility index (Phi) is 5.82. The molecule has 5 heteroatoms. The number of halogens is 1. The van der Waals surface area contributed by atoms with Gasteiger partial charge in [0.05, 0.1) is 4.90 Å². The average Bonchev–Trinajstić information content (AvgIpc) is 2.28. The molecule has 0 amide bonds. The molecular formula is C13H20BrNO2S. The van der Waals surface area contributed by atoms with Crippen LogP contribution in [0, 0.1) is 12.8 Å². The summed E-state index contributed by atoms with van der Waals surface area (Å²) in [5.74, 6) is 0.266. The third kappa shape index (κ3) is 4.37. The Labute approximate surface area is 118 Å². The summed E-state index contributed by atoms with van der Waals surface area (Å²) in [4.78, 5) is 0.336. The van der Waals surface area contributed by atoms with Crippen molar-refractivity contribution < 1.29 is 8.42 Å². The van der Waals surface area contributed by atoms with E-state index in [1.807, 2.05) is 26.8 Å². The summed E-state index contributed by atoms with van der Waals surface area (Å²) >= 11 is 3.36. The normalized spacial score (nSPS) is 13.8. The number of rotatable bonds is 6. The Morgan fingerprint density at radius 1 is 1.33 bits per heavy atom. The van der Waals surface area contributed by atoms with Gasteiger partial charge in [-0.2, -0.15) is 0 Å². The molecule has 1 unspecified atom stereocenters. The number of aryl methyl sites for hydroxylation is 1. The summed E-state index contributed by atoms with van der Waals surface area (Å²) in [5.41, 5.74) is 0.944. The Morgan fingerprint density at radius 2 is 2.00 bits per heavy atom. The first-order valence-corrected chi connectivity index (χ1v) is 8.62. The van der Waals surface area contributed by atoms with Crippen molar-refractivity contribution in [3.8, 4) is 0 Å². The molecule has 0 aliphatic heterocycles. The van der Waals surface area contributed by atoms with E-state index in [1.54, 1.807) is 18.2 Å². The van der Waals surface area contributed by atoms with Crippen molar-refractivity contribution in [2.75, 3.05) is 5.33 Å². The fraction of sp³-hybridized carbons (Fsp3) is 0.538. The second-order valence-corrected chi connectivity index (χ2v) is 7.27. The Bertz CT molecular complexity index is 486. The van der Waals surface area contributed by atoms with Crippen LogP contribution in [0.25, 0.3) is 0 Å². The molecule has 0 aliphatic rings. The van der Waals surface area contributed by atoms with Crippen LogP contribution in [0.3, 0.4) is 0 Å². The van der Waals surface area contributed by atoms with Gasteiger partial charge in [-0.05, 0) is 37.0 Å². The van der Waals surface area contributed by atoms with Crippen molar-refractivity contribution in [3.05, 3.63) is 29.8 Å². The van der Waals surface area contributed by atoms with Crippen LogP contribution >= 0.6 is 15.9 Å². The van der Waals surface area contributed by atoms with Crippen molar-refractivity contribution in [1.29, 1.82) is 0 Å². The highest BCUT2D eigenvalue weighted by atomic mass is 79.9. The molecule has 0 bridgehead atoms. The van der Waals surface area contributed by atoms with Gasteiger partial charge in [-0.15, -0.1) is 0 Å². The predicted octanol–water partition coefficient (Wildman–Crippen LogP) is 3.08. The van der Waals surface area contributed by atoms with Crippen LogP contribution in [0.2, 0.25) is 0 Å². The summed E-state index contributed by atoms with van der Waals surface area (Å²) in [6.45, 7) is 5.93. The van der Waals surface area contributed by atoms with Gasteiger partial charge in [-0.25, -0.2) is 13.1 Å². The number of hydrogen-bond acceptors (Lipinski definition) is 2. The van der Waals surface area contributed by atoms with Gasteiger partial charge in [-0.1, -0.05) is 41.9 Å². The second kappa shape index (κ2) is 6.68. The highest BCUT2D eigenvalue weighted by molar-refractivity contribution is 9.09. The van der Waals surface area contributed by atoms with E-state index in [4.69, 9.17) is 0 Å². The molecule has 0 saturated heterocycles. The Hall–Kier alpha value is -0.390. The number of hydrogen-bond donors (Lipinski definition) is 1. The Morgan fingerprint density at radius 3 is 2.50 bits per heavy atom. The summed E-state index contributed by atoms with van der Waals surface area (Å²) in [6.07, 6.45) is 0.780. The first-order valence-electron chi connectivity index (χ1n) is 6.02. The summed E-state index contributed by atoms with van der Waals surface area (Å²) in [6, 6.07) is 6.92. The molecular weight excluding hydrogens is 314 g/mol. The lowest BCUT2D eigenvalue weighted by Gasteiger charge is -2.21. The van der Waals surface area contributed by atoms with Gasteiger partial charge in [-0.3, -0.25) is 0 Å². The van der Waals surface area contributed by atoms with E-state index in [0.717, 1.165) is 17.3 Å². The maximum atomic E-state index is 12.2. The molecule has 1 aromatic rings. The number of nitrogens with one attached hydrogen (secondary N) is 1. The van der Waals surface area contributed by atoms with Crippen LogP contribution < -0.4 is 4.72 Å². The lowest BCUT2D eigenvalue weighted by Crippen LogP contribution is -2.38. The minimum absolute atomic E-state index is 0.0464. The molecule has 3 nitrogen and oxygen atoms in total. The quantitative estimate of drug-likeness (QED) is 0.813. The maximum absolute atomic E-state index is 12.2. The van der Waals surface area contributed by atoms with E-state index in [-0.39, 0.29) is 12.0 Å². The van der Waals surface area contributed by atoms with E-state index in [2.05, 4.69) is 20.7 Å². The molecule has 1 aromatic carbocycles. The average molecular weight is 334 g/mol. The standard InChI is InChI=1S/C13H20BrNO2S/c1-10(2)13(7-8-14)15-18(16,17)12-6-4-5-11(3)9-12/h4-6,9-10,13,15H,7-8H2,1-3H3. The van der Waals surface area contributed by atoms with Crippen LogP contribution in [0.4, 0.5) is 0 Å². The van der Waals surface area contributed by atoms with Gasteiger partial charge in [0.15, 0.2) is 0 Å². The molecule has 0 saturated carbocycles. The Balaban J connectivity index is 2.93. The van der Waals surface area contributed by atoms with Crippen molar-refractivity contribution in [2.24, 2.45) is 5.92 Å². The number of benzene rings is 1. The van der Waals surface area contributed by atoms with Gasteiger partial charge < -0.3 is 0 Å². The highest BCUT2D eigenvalue weighted by Crippen LogP contribution is 2.15. The molecule has 1 N–H and O–H groups in total. The van der Waals surface area contributed by atoms with Gasteiger partial charge >= 0.3 is 0 Å². The highest BCUT2D eigenvalue weighted by Gasteiger charge is 2.21. The lowest BCUT2D eigenvalue weighted by atomic mass is 10.0. The SMILES string of the molecule is Cc1cccc(S(=O)(=O)NC(CCBr)C(C)C)c1. The zero-order valence-corrected chi connectivity index (χ0v) is 13.4. The summed E-state index contributed by atoms with van der Waals surface area (Å²) < 4.78 is 27.3. The van der Waals surface area contributed by atoms with Crippen LogP contribution in [0.5, 0.6) is 0 Å². The minimum atomic E-state index is -3.42.